The number of halogens is 1. The third-order valence-electron chi connectivity index (χ3n) is 3.81. The number of hydrogen-bond acceptors (Lipinski definition) is 3. The Kier molecular flexibility index (Phi) is 5.12. The molecule has 5 nitrogen and oxygen atoms in total. The summed E-state index contributed by atoms with van der Waals surface area (Å²) in [7, 11) is 0. The van der Waals surface area contributed by atoms with Gasteiger partial charge < -0.3 is 4.74 Å². The van der Waals surface area contributed by atoms with Crippen LogP contribution in [-0.2, 0) is 4.79 Å². The average molecular weight is 352 g/mol. The van der Waals surface area contributed by atoms with Crippen molar-refractivity contribution < 1.29 is 18.7 Å². The van der Waals surface area contributed by atoms with Crippen LogP contribution in [0.5, 0.6) is 5.75 Å². The first-order valence-corrected chi connectivity index (χ1v) is 8.04. The number of amides is 2. The fourth-order valence-electron chi connectivity index (χ4n) is 2.39. The zero-order chi connectivity index (χ0) is 18.5. The Labute approximate surface area is 149 Å². The van der Waals surface area contributed by atoms with Crippen LogP contribution >= 0.6 is 0 Å². The minimum Gasteiger partial charge on any atom is -0.481 e. The van der Waals surface area contributed by atoms with E-state index in [1.807, 2.05) is 30.3 Å². The lowest BCUT2D eigenvalue weighted by atomic mass is 10.1. The number of nitrogens with one attached hydrogen (secondary N) is 2. The molecule has 3 aromatic rings. The molecule has 0 heterocycles. The maximum atomic E-state index is 12.9. The van der Waals surface area contributed by atoms with E-state index >= 15 is 0 Å². The van der Waals surface area contributed by atoms with Crippen LogP contribution < -0.4 is 15.6 Å². The van der Waals surface area contributed by atoms with Gasteiger partial charge in [0.25, 0.3) is 11.8 Å². The van der Waals surface area contributed by atoms with Crippen LogP contribution in [-0.4, -0.2) is 17.9 Å². The van der Waals surface area contributed by atoms with E-state index in [0.29, 0.717) is 11.3 Å². The lowest BCUT2D eigenvalue weighted by molar-refractivity contribution is -0.128. The van der Waals surface area contributed by atoms with Crippen LogP contribution in [0.2, 0.25) is 0 Å². The molecule has 26 heavy (non-hydrogen) atoms. The van der Waals surface area contributed by atoms with Crippen molar-refractivity contribution in [2.24, 2.45) is 0 Å². The van der Waals surface area contributed by atoms with Crippen molar-refractivity contribution in [3.63, 3.8) is 0 Å². The molecule has 0 aliphatic heterocycles. The molecule has 1 atom stereocenters. The number of hydrogen-bond donors (Lipinski definition) is 2. The van der Waals surface area contributed by atoms with E-state index in [2.05, 4.69) is 10.9 Å². The van der Waals surface area contributed by atoms with Gasteiger partial charge in [-0.05, 0) is 54.1 Å². The molecule has 0 bridgehead atoms. The molecule has 0 saturated heterocycles. The predicted octanol–water partition coefficient (Wildman–Crippen LogP) is 3.21. The van der Waals surface area contributed by atoms with Gasteiger partial charge in [-0.1, -0.05) is 30.3 Å². The number of carbonyl (C=O) groups is 2. The van der Waals surface area contributed by atoms with Crippen molar-refractivity contribution >= 4 is 22.6 Å². The van der Waals surface area contributed by atoms with E-state index in [1.54, 1.807) is 12.1 Å². The summed E-state index contributed by atoms with van der Waals surface area (Å²) < 4.78 is 18.3. The summed E-state index contributed by atoms with van der Waals surface area (Å²) in [4.78, 5) is 24.2. The number of hydrazine groups is 1. The molecule has 0 saturated carbocycles. The van der Waals surface area contributed by atoms with Crippen LogP contribution in [0.3, 0.4) is 0 Å². The normalized spacial score (nSPS) is 11.6. The molecule has 0 spiro atoms. The molecule has 0 radical (unpaired) electrons. The molecule has 2 amide bonds. The quantitative estimate of drug-likeness (QED) is 0.709. The second kappa shape index (κ2) is 7.65. The number of rotatable bonds is 4. The van der Waals surface area contributed by atoms with Gasteiger partial charge in [-0.25, -0.2) is 4.39 Å². The summed E-state index contributed by atoms with van der Waals surface area (Å²) >= 11 is 0. The van der Waals surface area contributed by atoms with Gasteiger partial charge in [-0.3, -0.25) is 20.4 Å². The Morgan fingerprint density at radius 3 is 2.35 bits per heavy atom. The Balaban J connectivity index is 1.57. The molecular weight excluding hydrogens is 335 g/mol. The molecule has 6 heteroatoms. The van der Waals surface area contributed by atoms with E-state index < -0.39 is 23.7 Å². The molecule has 132 valence electrons. The Morgan fingerprint density at radius 2 is 1.62 bits per heavy atom. The lowest BCUT2D eigenvalue weighted by Gasteiger charge is -2.15. The molecule has 3 rings (SSSR count). The van der Waals surface area contributed by atoms with Crippen LogP contribution in [0.4, 0.5) is 4.39 Å². The zero-order valence-corrected chi connectivity index (χ0v) is 14.0. The van der Waals surface area contributed by atoms with Crippen molar-refractivity contribution in [2.75, 3.05) is 0 Å². The molecule has 0 aliphatic carbocycles. The van der Waals surface area contributed by atoms with Crippen molar-refractivity contribution in [1.29, 1.82) is 0 Å². The minimum absolute atomic E-state index is 0.356. The van der Waals surface area contributed by atoms with E-state index in [-0.39, 0.29) is 0 Å². The first kappa shape index (κ1) is 17.4. The third-order valence-corrected chi connectivity index (χ3v) is 3.81. The van der Waals surface area contributed by atoms with Gasteiger partial charge in [0.2, 0.25) is 0 Å². The summed E-state index contributed by atoms with van der Waals surface area (Å²) in [6.07, 6.45) is -0.864. The van der Waals surface area contributed by atoms with E-state index in [9.17, 15) is 14.0 Å². The summed E-state index contributed by atoms with van der Waals surface area (Å²) in [5.41, 5.74) is 5.11. The maximum absolute atomic E-state index is 12.9. The average Bonchev–Trinajstić information content (AvgIpc) is 2.67. The Hall–Kier alpha value is -3.41. The first-order chi connectivity index (χ1) is 12.5. The highest BCUT2D eigenvalue weighted by atomic mass is 19.1. The van der Waals surface area contributed by atoms with Crippen LogP contribution in [0.1, 0.15) is 17.3 Å². The van der Waals surface area contributed by atoms with Gasteiger partial charge in [-0.2, -0.15) is 0 Å². The van der Waals surface area contributed by atoms with Crippen molar-refractivity contribution in [3.8, 4) is 5.75 Å². The van der Waals surface area contributed by atoms with E-state index in [1.165, 1.54) is 31.2 Å². The molecule has 1 unspecified atom stereocenters. The number of fused-ring (bicyclic) bond motifs is 1. The fourth-order valence-corrected chi connectivity index (χ4v) is 2.39. The van der Waals surface area contributed by atoms with Gasteiger partial charge >= 0.3 is 0 Å². The second-order valence-corrected chi connectivity index (χ2v) is 5.72. The highest BCUT2D eigenvalue weighted by Gasteiger charge is 2.16. The fraction of sp³-hybridized carbons (Fsp3) is 0.100. The van der Waals surface area contributed by atoms with Crippen molar-refractivity contribution in [2.45, 2.75) is 13.0 Å². The van der Waals surface area contributed by atoms with E-state index in [4.69, 9.17) is 4.74 Å². The van der Waals surface area contributed by atoms with Crippen molar-refractivity contribution in [1.82, 2.24) is 10.9 Å². The van der Waals surface area contributed by atoms with Crippen LogP contribution in [0, 0.1) is 5.82 Å². The highest BCUT2D eigenvalue weighted by Crippen LogP contribution is 2.15. The predicted molar refractivity (Wildman–Crippen MR) is 96.0 cm³/mol. The molecule has 2 N–H and O–H groups in total. The largest absolute Gasteiger partial charge is 0.481 e. The molecule has 3 aromatic carbocycles. The molecule has 0 aromatic heterocycles. The summed E-state index contributed by atoms with van der Waals surface area (Å²) in [6, 6.07) is 18.3. The van der Waals surface area contributed by atoms with Crippen LogP contribution in [0.25, 0.3) is 10.8 Å². The third kappa shape index (κ3) is 4.16. The lowest BCUT2D eigenvalue weighted by Crippen LogP contribution is -2.47. The van der Waals surface area contributed by atoms with E-state index in [0.717, 1.165) is 10.8 Å². The van der Waals surface area contributed by atoms with Gasteiger partial charge in [0, 0.05) is 5.56 Å². The molecule has 0 aliphatic rings. The SMILES string of the molecule is CC(Oc1ccc(F)cc1)C(=O)NNC(=O)c1ccc2ccccc2c1. The van der Waals surface area contributed by atoms with Gasteiger partial charge in [-0.15, -0.1) is 0 Å². The summed E-state index contributed by atoms with van der Waals surface area (Å²) in [5.74, 6) is -0.992. The highest BCUT2D eigenvalue weighted by molar-refractivity contribution is 5.99. The smallest absolute Gasteiger partial charge is 0.279 e. The number of benzene rings is 3. The Bertz CT molecular complexity index is 941. The van der Waals surface area contributed by atoms with Crippen LogP contribution in [0.15, 0.2) is 66.7 Å². The van der Waals surface area contributed by atoms with Gasteiger partial charge in [0.05, 0.1) is 0 Å². The van der Waals surface area contributed by atoms with Gasteiger partial charge in [0.1, 0.15) is 11.6 Å². The van der Waals surface area contributed by atoms with Gasteiger partial charge in [0.15, 0.2) is 6.10 Å². The first-order valence-electron chi connectivity index (χ1n) is 8.04. The second-order valence-electron chi connectivity index (χ2n) is 5.72. The Morgan fingerprint density at radius 1 is 0.923 bits per heavy atom. The number of carbonyl (C=O) groups excluding carboxylic acids is 2. The number of ether oxygens (including phenoxy) is 1. The van der Waals surface area contributed by atoms with Crippen molar-refractivity contribution in [3.05, 3.63) is 78.1 Å². The topological polar surface area (TPSA) is 67.4 Å². The minimum atomic E-state index is -0.864. The molecular formula is C20H17FN2O3. The summed E-state index contributed by atoms with van der Waals surface area (Å²) in [5, 5.41) is 1.95. The zero-order valence-electron chi connectivity index (χ0n) is 14.0. The maximum Gasteiger partial charge on any atom is 0.279 e. The molecule has 0 fully saturated rings. The standard InChI is InChI=1S/C20H17FN2O3/c1-13(26-18-10-8-17(21)9-11-18)19(24)22-23-20(25)16-7-6-14-4-2-3-5-15(14)12-16/h2-13H,1H3,(H,22,24)(H,23,25). The summed E-state index contributed by atoms with van der Waals surface area (Å²) in [6.45, 7) is 1.53. The monoisotopic (exact) mass is 352 g/mol.